The number of rotatable bonds is 4. The Labute approximate surface area is 141 Å². The Morgan fingerprint density at radius 2 is 1.46 bits per heavy atom. The number of nitrogens with one attached hydrogen (secondary N) is 1. The molecule has 0 heterocycles. The first-order valence-electron chi connectivity index (χ1n) is 7.64. The van der Waals surface area contributed by atoms with Crippen molar-refractivity contribution >= 4 is 12.1 Å². The Hall–Kier alpha value is -2.82. The van der Waals surface area contributed by atoms with E-state index in [1.807, 2.05) is 45.0 Å². The van der Waals surface area contributed by atoms with Gasteiger partial charge in [-0.1, -0.05) is 36.4 Å². The lowest BCUT2D eigenvalue weighted by Crippen LogP contribution is -2.32. The normalized spacial score (nSPS) is 11.0. The quantitative estimate of drug-likeness (QED) is 0.887. The Kier molecular flexibility index (Phi) is 5.24. The minimum atomic E-state index is -0.940. The Morgan fingerprint density at radius 3 is 1.92 bits per heavy atom. The first-order chi connectivity index (χ1) is 11.2. The van der Waals surface area contributed by atoms with Gasteiger partial charge in [-0.2, -0.15) is 0 Å². The van der Waals surface area contributed by atoms with Gasteiger partial charge < -0.3 is 15.2 Å². The number of ether oxygens (including phenoxy) is 1. The molecule has 1 amide bonds. The minimum absolute atomic E-state index is 0.261. The highest BCUT2D eigenvalue weighted by Crippen LogP contribution is 2.20. The maximum atomic E-state index is 11.6. The van der Waals surface area contributed by atoms with Gasteiger partial charge in [-0.3, -0.25) is 0 Å². The molecule has 0 radical (unpaired) electrons. The van der Waals surface area contributed by atoms with Gasteiger partial charge in [0.25, 0.3) is 0 Å². The number of carboxylic acid groups (broad SMARTS) is 1. The second-order valence-electron chi connectivity index (χ2n) is 6.43. The Morgan fingerprint density at radius 1 is 0.958 bits per heavy atom. The summed E-state index contributed by atoms with van der Waals surface area (Å²) in [5.41, 5.74) is 2.61. The molecule has 0 aliphatic carbocycles. The number of benzene rings is 2. The highest BCUT2D eigenvalue weighted by atomic mass is 16.6. The van der Waals surface area contributed by atoms with E-state index in [1.54, 1.807) is 24.3 Å². The molecule has 0 saturated heterocycles. The van der Waals surface area contributed by atoms with E-state index in [-0.39, 0.29) is 5.56 Å². The van der Waals surface area contributed by atoms with Crippen molar-refractivity contribution in [1.82, 2.24) is 5.32 Å². The zero-order valence-electron chi connectivity index (χ0n) is 14.0. The van der Waals surface area contributed by atoms with Gasteiger partial charge in [-0.05, 0) is 49.6 Å². The van der Waals surface area contributed by atoms with Crippen LogP contribution in [0.5, 0.6) is 0 Å². The molecule has 0 saturated carbocycles. The molecule has 0 aromatic heterocycles. The second-order valence-corrected chi connectivity index (χ2v) is 6.43. The van der Waals surface area contributed by atoms with Gasteiger partial charge in [-0.25, -0.2) is 9.59 Å². The Balaban J connectivity index is 1.98. The van der Waals surface area contributed by atoms with Crippen molar-refractivity contribution in [3.05, 3.63) is 59.7 Å². The van der Waals surface area contributed by atoms with E-state index in [0.717, 1.165) is 16.7 Å². The highest BCUT2D eigenvalue weighted by Gasteiger charge is 2.15. The molecule has 5 heteroatoms. The van der Waals surface area contributed by atoms with Gasteiger partial charge in [0, 0.05) is 6.54 Å². The summed E-state index contributed by atoms with van der Waals surface area (Å²) in [7, 11) is 0. The van der Waals surface area contributed by atoms with Crippen molar-refractivity contribution in [2.45, 2.75) is 32.9 Å². The molecule has 0 atom stereocenters. The fraction of sp³-hybridized carbons (Fsp3) is 0.263. The molecule has 0 unspecified atom stereocenters. The predicted molar refractivity (Wildman–Crippen MR) is 91.9 cm³/mol. The smallest absolute Gasteiger partial charge is 0.407 e. The number of carbonyl (C=O) groups is 2. The predicted octanol–water partition coefficient (Wildman–Crippen LogP) is 4.08. The van der Waals surface area contributed by atoms with Crippen molar-refractivity contribution < 1.29 is 19.4 Å². The van der Waals surface area contributed by atoms with E-state index < -0.39 is 17.7 Å². The molecule has 0 aliphatic rings. The van der Waals surface area contributed by atoms with Gasteiger partial charge >= 0.3 is 12.1 Å². The molecule has 2 rings (SSSR count). The molecule has 2 aromatic rings. The van der Waals surface area contributed by atoms with Gasteiger partial charge in [0.1, 0.15) is 5.60 Å². The van der Waals surface area contributed by atoms with Crippen LogP contribution in [0.2, 0.25) is 0 Å². The van der Waals surface area contributed by atoms with Crippen LogP contribution in [0.1, 0.15) is 36.7 Å². The number of carboxylic acids is 1. The third-order valence-corrected chi connectivity index (χ3v) is 3.25. The van der Waals surface area contributed by atoms with Crippen LogP contribution in [-0.2, 0) is 11.3 Å². The molecule has 0 bridgehead atoms. The summed E-state index contributed by atoms with van der Waals surface area (Å²) in [6, 6.07) is 14.4. The van der Waals surface area contributed by atoms with Crippen LogP contribution in [0.25, 0.3) is 11.1 Å². The number of alkyl carbamates (subject to hydrolysis) is 1. The molecular formula is C19H21NO4. The fourth-order valence-corrected chi connectivity index (χ4v) is 2.11. The standard InChI is InChI=1S/C19H21NO4/c1-19(2,3)24-18(23)20-12-13-4-6-14(7-5-13)15-8-10-16(11-9-15)17(21)22/h4-11H,12H2,1-3H3,(H,20,23)(H,21,22). The van der Waals surface area contributed by atoms with Crippen molar-refractivity contribution in [3.63, 3.8) is 0 Å². The second kappa shape index (κ2) is 7.17. The maximum absolute atomic E-state index is 11.6. The first kappa shape index (κ1) is 17.5. The van der Waals surface area contributed by atoms with Crippen LogP contribution in [0.4, 0.5) is 4.79 Å². The monoisotopic (exact) mass is 327 g/mol. The molecule has 0 spiro atoms. The van der Waals surface area contributed by atoms with Crippen LogP contribution in [0.3, 0.4) is 0 Å². The van der Waals surface area contributed by atoms with Crippen LogP contribution in [0.15, 0.2) is 48.5 Å². The van der Waals surface area contributed by atoms with E-state index >= 15 is 0 Å². The summed E-state index contributed by atoms with van der Waals surface area (Å²) in [6.07, 6.45) is -0.448. The van der Waals surface area contributed by atoms with E-state index in [0.29, 0.717) is 6.54 Å². The van der Waals surface area contributed by atoms with E-state index in [4.69, 9.17) is 9.84 Å². The summed E-state index contributed by atoms with van der Waals surface area (Å²) in [6.45, 7) is 5.83. The number of hydrogen-bond acceptors (Lipinski definition) is 3. The molecular weight excluding hydrogens is 306 g/mol. The summed E-state index contributed by atoms with van der Waals surface area (Å²) in [4.78, 5) is 22.5. The lowest BCUT2D eigenvalue weighted by atomic mass is 10.0. The number of aromatic carboxylic acids is 1. The topological polar surface area (TPSA) is 75.6 Å². The summed E-state index contributed by atoms with van der Waals surface area (Å²) < 4.78 is 5.18. The molecule has 2 N–H and O–H groups in total. The van der Waals surface area contributed by atoms with Crippen LogP contribution >= 0.6 is 0 Å². The summed E-state index contributed by atoms with van der Waals surface area (Å²) in [5.74, 6) is -0.940. The van der Waals surface area contributed by atoms with E-state index in [2.05, 4.69) is 5.32 Å². The van der Waals surface area contributed by atoms with Crippen molar-refractivity contribution in [2.24, 2.45) is 0 Å². The number of hydrogen-bond donors (Lipinski definition) is 2. The summed E-state index contributed by atoms with van der Waals surface area (Å²) in [5, 5.41) is 11.6. The van der Waals surface area contributed by atoms with Crippen molar-refractivity contribution in [3.8, 4) is 11.1 Å². The molecule has 0 aliphatic heterocycles. The maximum Gasteiger partial charge on any atom is 0.407 e. The first-order valence-corrected chi connectivity index (χ1v) is 7.64. The third-order valence-electron chi connectivity index (χ3n) is 3.25. The molecule has 0 fully saturated rings. The highest BCUT2D eigenvalue weighted by molar-refractivity contribution is 5.88. The van der Waals surface area contributed by atoms with Crippen LogP contribution in [0, 0.1) is 0 Å². The minimum Gasteiger partial charge on any atom is -0.478 e. The van der Waals surface area contributed by atoms with E-state index in [1.165, 1.54) is 0 Å². The van der Waals surface area contributed by atoms with Crippen molar-refractivity contribution in [2.75, 3.05) is 0 Å². The number of amides is 1. The summed E-state index contributed by atoms with van der Waals surface area (Å²) >= 11 is 0. The van der Waals surface area contributed by atoms with Gasteiger partial charge in [0.05, 0.1) is 5.56 Å². The molecule has 126 valence electrons. The zero-order valence-corrected chi connectivity index (χ0v) is 14.0. The van der Waals surface area contributed by atoms with Gasteiger partial charge in [0.15, 0.2) is 0 Å². The Bertz CT molecular complexity index is 713. The molecule has 24 heavy (non-hydrogen) atoms. The van der Waals surface area contributed by atoms with Gasteiger partial charge in [-0.15, -0.1) is 0 Å². The lowest BCUT2D eigenvalue weighted by molar-refractivity contribution is 0.0523. The van der Waals surface area contributed by atoms with Crippen LogP contribution < -0.4 is 5.32 Å². The third kappa shape index (κ3) is 5.12. The van der Waals surface area contributed by atoms with Gasteiger partial charge in [0.2, 0.25) is 0 Å². The average Bonchev–Trinajstić information content (AvgIpc) is 2.52. The van der Waals surface area contributed by atoms with Crippen molar-refractivity contribution in [1.29, 1.82) is 0 Å². The number of carbonyl (C=O) groups excluding carboxylic acids is 1. The van der Waals surface area contributed by atoms with E-state index in [9.17, 15) is 9.59 Å². The fourth-order valence-electron chi connectivity index (χ4n) is 2.11. The SMILES string of the molecule is CC(C)(C)OC(=O)NCc1ccc(-c2ccc(C(=O)O)cc2)cc1. The largest absolute Gasteiger partial charge is 0.478 e. The molecule has 2 aromatic carbocycles. The lowest BCUT2D eigenvalue weighted by Gasteiger charge is -2.19. The molecule has 5 nitrogen and oxygen atoms in total. The zero-order chi connectivity index (χ0) is 17.7. The average molecular weight is 327 g/mol. The van der Waals surface area contributed by atoms with Crippen LogP contribution in [-0.4, -0.2) is 22.8 Å².